The molecule has 1 unspecified atom stereocenters. The molecule has 2 aliphatic rings. The van der Waals surface area contributed by atoms with Crippen molar-refractivity contribution in [2.24, 2.45) is 10.2 Å². The second kappa shape index (κ2) is 5.58. The largest absolute Gasteiger partial charge is 0.348 e. The Labute approximate surface area is 148 Å². The Morgan fingerprint density at radius 3 is 2.50 bits per heavy atom. The molecule has 2 aromatic rings. The Morgan fingerprint density at radius 1 is 1.08 bits per heavy atom. The number of rotatable bonds is 2. The fraction of sp³-hybridized carbons (Fsp3) is 0.111. The average Bonchev–Trinajstić information content (AvgIpc) is 2.87. The molecule has 0 aliphatic carbocycles. The average molecular weight is 383 g/mol. The van der Waals surface area contributed by atoms with Gasteiger partial charge in [0, 0.05) is 10.0 Å². The maximum Gasteiger partial charge on any atom is 0.281 e. The third-order valence-electron chi connectivity index (χ3n) is 4.08. The quantitative estimate of drug-likeness (QED) is 0.837. The summed E-state index contributed by atoms with van der Waals surface area (Å²) >= 11 is 3.43. The maximum atomic E-state index is 11.1. The van der Waals surface area contributed by atoms with Gasteiger partial charge in [-0.25, -0.2) is 5.01 Å². The van der Waals surface area contributed by atoms with Gasteiger partial charge in [-0.1, -0.05) is 46.3 Å². The van der Waals surface area contributed by atoms with Gasteiger partial charge in [-0.15, -0.1) is 0 Å². The van der Waals surface area contributed by atoms with E-state index in [0.717, 1.165) is 27.1 Å². The number of hydrazone groups is 2. The number of nitrogens with zero attached hydrogens (tertiary/aromatic N) is 3. The van der Waals surface area contributed by atoms with Crippen LogP contribution in [0.2, 0.25) is 0 Å². The minimum Gasteiger partial charge on any atom is -0.348 e. The standard InChI is InChI=1S/C18H15BrN4O/c1-12-16-11-17(13-7-9-14(19)10-8-13)20-22-18(16,24)23(21-12)15-5-3-2-4-6-15/h2-11,22,24H,1H3. The van der Waals surface area contributed by atoms with Crippen LogP contribution in [0.15, 0.2) is 80.9 Å². The molecule has 5 nitrogen and oxygen atoms in total. The highest BCUT2D eigenvalue weighted by Crippen LogP contribution is 2.35. The SMILES string of the molecule is CC1=NN(c2ccccc2)C2(O)NN=C(c3ccc(Br)cc3)C=C12. The molecular weight excluding hydrogens is 368 g/mol. The van der Waals surface area contributed by atoms with E-state index in [1.807, 2.05) is 67.6 Å². The summed E-state index contributed by atoms with van der Waals surface area (Å²) in [5.74, 6) is -1.47. The van der Waals surface area contributed by atoms with E-state index < -0.39 is 5.85 Å². The number of hydrogen-bond acceptors (Lipinski definition) is 5. The number of halogens is 1. The molecule has 4 rings (SSSR count). The van der Waals surface area contributed by atoms with E-state index in [9.17, 15) is 5.11 Å². The third kappa shape index (κ3) is 2.35. The summed E-state index contributed by atoms with van der Waals surface area (Å²) in [6, 6.07) is 17.4. The topological polar surface area (TPSA) is 60.2 Å². The zero-order valence-electron chi connectivity index (χ0n) is 12.9. The van der Waals surface area contributed by atoms with Gasteiger partial charge in [0.1, 0.15) is 0 Å². The molecular formula is C18H15BrN4O. The van der Waals surface area contributed by atoms with Crippen LogP contribution in [0, 0.1) is 0 Å². The van der Waals surface area contributed by atoms with E-state index in [1.54, 1.807) is 5.01 Å². The van der Waals surface area contributed by atoms with Crippen LogP contribution in [0.5, 0.6) is 0 Å². The second-order valence-electron chi connectivity index (χ2n) is 5.68. The van der Waals surface area contributed by atoms with Gasteiger partial charge in [0.2, 0.25) is 0 Å². The molecule has 2 N–H and O–H groups in total. The van der Waals surface area contributed by atoms with Crippen molar-refractivity contribution >= 4 is 33.0 Å². The summed E-state index contributed by atoms with van der Waals surface area (Å²) in [7, 11) is 0. The third-order valence-corrected chi connectivity index (χ3v) is 4.60. The summed E-state index contributed by atoms with van der Waals surface area (Å²) in [6.07, 6.45) is 1.88. The number of hydrogen-bond donors (Lipinski definition) is 2. The van der Waals surface area contributed by atoms with Crippen LogP contribution in [-0.2, 0) is 0 Å². The van der Waals surface area contributed by atoms with Crippen LogP contribution in [-0.4, -0.2) is 22.4 Å². The summed E-state index contributed by atoms with van der Waals surface area (Å²) in [5.41, 5.74) is 6.83. The molecule has 0 spiro atoms. The predicted molar refractivity (Wildman–Crippen MR) is 98.9 cm³/mol. The monoisotopic (exact) mass is 382 g/mol. The lowest BCUT2D eigenvalue weighted by Crippen LogP contribution is -2.56. The van der Waals surface area contributed by atoms with Gasteiger partial charge in [-0.2, -0.15) is 10.2 Å². The van der Waals surface area contributed by atoms with Gasteiger partial charge in [0.25, 0.3) is 5.85 Å². The molecule has 0 saturated carbocycles. The van der Waals surface area contributed by atoms with Gasteiger partial charge in [-0.3, -0.25) is 5.43 Å². The highest BCUT2D eigenvalue weighted by atomic mass is 79.9. The Kier molecular flexibility index (Phi) is 3.51. The lowest BCUT2D eigenvalue weighted by atomic mass is 10.00. The molecule has 2 heterocycles. The summed E-state index contributed by atoms with van der Waals surface area (Å²) < 4.78 is 1.01. The first-order chi connectivity index (χ1) is 11.6. The number of benzene rings is 2. The van der Waals surface area contributed by atoms with Crippen LogP contribution in [0.4, 0.5) is 5.69 Å². The Hall–Kier alpha value is -2.44. The van der Waals surface area contributed by atoms with E-state index in [-0.39, 0.29) is 0 Å². The molecule has 0 bridgehead atoms. The first kappa shape index (κ1) is 15.1. The molecule has 0 aromatic heterocycles. The Bertz CT molecular complexity index is 874. The smallest absolute Gasteiger partial charge is 0.281 e. The zero-order valence-corrected chi connectivity index (χ0v) is 14.5. The van der Waals surface area contributed by atoms with Crippen molar-refractivity contribution in [1.29, 1.82) is 0 Å². The van der Waals surface area contributed by atoms with Crippen molar-refractivity contribution in [1.82, 2.24) is 5.43 Å². The lowest BCUT2D eigenvalue weighted by Gasteiger charge is -2.35. The number of allylic oxidation sites excluding steroid dienone is 1. The first-order valence-corrected chi connectivity index (χ1v) is 8.33. The minimum absolute atomic E-state index is 0.694. The predicted octanol–water partition coefficient (Wildman–Crippen LogP) is 3.23. The van der Waals surface area contributed by atoms with E-state index >= 15 is 0 Å². The molecule has 120 valence electrons. The number of fused-ring (bicyclic) bond motifs is 1. The van der Waals surface area contributed by atoms with Gasteiger partial charge in [0.05, 0.1) is 22.7 Å². The van der Waals surface area contributed by atoms with Crippen molar-refractivity contribution in [3.05, 3.63) is 76.3 Å². The summed E-state index contributed by atoms with van der Waals surface area (Å²) in [4.78, 5) is 0. The van der Waals surface area contributed by atoms with Gasteiger partial charge in [0.15, 0.2) is 0 Å². The van der Waals surface area contributed by atoms with Gasteiger partial charge >= 0.3 is 0 Å². The van der Waals surface area contributed by atoms with Crippen molar-refractivity contribution < 1.29 is 5.11 Å². The van der Waals surface area contributed by atoms with E-state index in [4.69, 9.17) is 0 Å². The van der Waals surface area contributed by atoms with Crippen LogP contribution >= 0.6 is 15.9 Å². The fourth-order valence-corrected chi connectivity index (χ4v) is 3.11. The van der Waals surface area contributed by atoms with E-state index in [0.29, 0.717) is 5.57 Å². The lowest BCUT2D eigenvalue weighted by molar-refractivity contribution is 0.0501. The fourth-order valence-electron chi connectivity index (χ4n) is 2.84. The molecule has 0 radical (unpaired) electrons. The van der Waals surface area contributed by atoms with E-state index in [2.05, 4.69) is 31.6 Å². The van der Waals surface area contributed by atoms with Gasteiger partial charge < -0.3 is 5.11 Å². The Morgan fingerprint density at radius 2 is 1.79 bits per heavy atom. The molecule has 0 saturated heterocycles. The van der Waals surface area contributed by atoms with Crippen LogP contribution in [0.1, 0.15) is 12.5 Å². The van der Waals surface area contributed by atoms with Crippen molar-refractivity contribution in [2.75, 3.05) is 5.01 Å². The molecule has 2 aromatic carbocycles. The number of nitrogens with one attached hydrogen (secondary N) is 1. The molecule has 6 heteroatoms. The number of aliphatic hydroxyl groups is 1. The number of anilines is 1. The van der Waals surface area contributed by atoms with Crippen molar-refractivity contribution in [3.63, 3.8) is 0 Å². The second-order valence-corrected chi connectivity index (χ2v) is 6.59. The highest BCUT2D eigenvalue weighted by molar-refractivity contribution is 9.10. The molecule has 0 amide bonds. The first-order valence-electron chi connectivity index (χ1n) is 7.54. The molecule has 0 fully saturated rings. The van der Waals surface area contributed by atoms with Crippen LogP contribution in [0.3, 0.4) is 0 Å². The number of para-hydroxylation sites is 1. The normalized spacial score (nSPS) is 22.3. The van der Waals surface area contributed by atoms with Crippen molar-refractivity contribution in [2.45, 2.75) is 12.8 Å². The molecule has 1 atom stereocenters. The van der Waals surface area contributed by atoms with Crippen molar-refractivity contribution in [3.8, 4) is 0 Å². The maximum absolute atomic E-state index is 11.1. The van der Waals surface area contributed by atoms with E-state index in [1.165, 1.54) is 0 Å². The highest BCUT2D eigenvalue weighted by Gasteiger charge is 2.47. The summed E-state index contributed by atoms with van der Waals surface area (Å²) in [6.45, 7) is 1.88. The molecule has 2 aliphatic heterocycles. The summed E-state index contributed by atoms with van der Waals surface area (Å²) in [5, 5.41) is 21.5. The zero-order chi connectivity index (χ0) is 16.7. The van der Waals surface area contributed by atoms with Crippen LogP contribution < -0.4 is 10.4 Å². The van der Waals surface area contributed by atoms with Crippen LogP contribution in [0.25, 0.3) is 0 Å². The molecule has 24 heavy (non-hydrogen) atoms. The Balaban J connectivity index is 1.73. The minimum atomic E-state index is -1.47. The van der Waals surface area contributed by atoms with Gasteiger partial charge in [-0.05, 0) is 37.3 Å².